The van der Waals surface area contributed by atoms with E-state index in [9.17, 15) is 9.59 Å². The van der Waals surface area contributed by atoms with Crippen molar-refractivity contribution in [2.75, 3.05) is 57.9 Å². The van der Waals surface area contributed by atoms with Gasteiger partial charge in [-0.2, -0.15) is 15.1 Å². The zero-order valence-corrected chi connectivity index (χ0v) is 30.0. The Labute approximate surface area is 301 Å². The second kappa shape index (κ2) is 14.5. The van der Waals surface area contributed by atoms with Crippen LogP contribution in [0.1, 0.15) is 55.3 Å². The van der Waals surface area contributed by atoms with Crippen molar-refractivity contribution in [2.45, 2.75) is 64.8 Å². The second-order valence-corrected chi connectivity index (χ2v) is 14.0. The van der Waals surface area contributed by atoms with Gasteiger partial charge < -0.3 is 28.9 Å². The van der Waals surface area contributed by atoms with Crippen molar-refractivity contribution in [1.82, 2.24) is 39.1 Å². The third-order valence-electron chi connectivity index (χ3n) is 10.6. The minimum atomic E-state index is -0.361. The van der Waals surface area contributed by atoms with Crippen LogP contribution in [-0.4, -0.2) is 104 Å². The van der Waals surface area contributed by atoms with Crippen LogP contribution in [0.5, 0.6) is 6.01 Å². The van der Waals surface area contributed by atoms with Crippen LogP contribution < -0.4 is 15.2 Å². The first kappa shape index (κ1) is 34.0. The van der Waals surface area contributed by atoms with Gasteiger partial charge in [-0.15, -0.1) is 0 Å². The van der Waals surface area contributed by atoms with E-state index in [-0.39, 0.29) is 42.1 Å². The van der Waals surface area contributed by atoms with Gasteiger partial charge in [-0.05, 0) is 76.7 Å². The van der Waals surface area contributed by atoms with E-state index in [0.717, 1.165) is 60.7 Å². The fraction of sp³-hybridized carbons (Fsp3) is 0.474. The number of hydrogen-bond donors (Lipinski definition) is 0. The Kier molecular flexibility index (Phi) is 9.49. The van der Waals surface area contributed by atoms with Gasteiger partial charge in [0, 0.05) is 44.2 Å². The number of likely N-dealkylation sites (tertiary alicyclic amines) is 1. The number of aryl methyl sites for hydroxylation is 2. The molecule has 0 aliphatic carbocycles. The summed E-state index contributed by atoms with van der Waals surface area (Å²) >= 11 is 0. The van der Waals surface area contributed by atoms with Gasteiger partial charge in [0.15, 0.2) is 17.6 Å². The first-order valence-corrected chi connectivity index (χ1v) is 18.3. The summed E-state index contributed by atoms with van der Waals surface area (Å²) in [6, 6.07) is 14.1. The fourth-order valence-electron chi connectivity index (χ4n) is 7.62. The third kappa shape index (κ3) is 6.56. The van der Waals surface area contributed by atoms with Crippen LogP contribution in [0, 0.1) is 13.8 Å². The smallest absolute Gasteiger partial charge is 0.410 e. The molecule has 5 aromatic rings. The SMILES string of the molecule is Cc1ccc2c(cnn2C2CCCCO2)c1-n1c(C)nc2c(N3CCN(C(=O)OCc4ccccc4)CC3)nc(OCC3CCCN3C)nc2c1=O. The molecule has 6 heterocycles. The molecule has 3 aliphatic rings. The summed E-state index contributed by atoms with van der Waals surface area (Å²) in [6.07, 6.45) is 6.45. The zero-order valence-electron chi connectivity index (χ0n) is 30.0. The molecule has 0 bridgehead atoms. The molecule has 3 aliphatic heterocycles. The lowest BCUT2D eigenvalue weighted by atomic mass is 10.1. The highest BCUT2D eigenvalue weighted by molar-refractivity contribution is 5.91. The van der Waals surface area contributed by atoms with Crippen LogP contribution in [0.25, 0.3) is 27.6 Å². The summed E-state index contributed by atoms with van der Waals surface area (Å²) < 4.78 is 21.5. The van der Waals surface area contributed by atoms with Crippen molar-refractivity contribution in [3.63, 3.8) is 0 Å². The number of anilines is 1. The van der Waals surface area contributed by atoms with Gasteiger partial charge in [0.1, 0.15) is 24.6 Å². The lowest BCUT2D eigenvalue weighted by molar-refractivity contribution is -0.0366. The third-order valence-corrected chi connectivity index (χ3v) is 10.6. The summed E-state index contributed by atoms with van der Waals surface area (Å²) in [4.78, 5) is 48.3. The van der Waals surface area contributed by atoms with Crippen LogP contribution in [-0.2, 0) is 16.1 Å². The Morgan fingerprint density at radius 1 is 0.923 bits per heavy atom. The molecule has 0 N–H and O–H groups in total. The fourth-order valence-corrected chi connectivity index (χ4v) is 7.62. The summed E-state index contributed by atoms with van der Waals surface area (Å²) in [6.45, 7) is 7.96. The molecular weight excluding hydrogens is 662 g/mol. The lowest BCUT2D eigenvalue weighted by Gasteiger charge is -2.35. The average Bonchev–Trinajstić information content (AvgIpc) is 3.80. The molecule has 2 aromatic carbocycles. The Morgan fingerprint density at radius 3 is 2.50 bits per heavy atom. The Hall–Kier alpha value is -5.08. The van der Waals surface area contributed by atoms with E-state index in [1.165, 1.54) is 0 Å². The Bertz CT molecular complexity index is 2140. The maximum absolute atomic E-state index is 14.7. The molecule has 3 saturated heterocycles. The van der Waals surface area contributed by atoms with Gasteiger partial charge in [0.25, 0.3) is 5.56 Å². The number of carbonyl (C=O) groups is 1. The Balaban J connectivity index is 1.14. The predicted molar refractivity (Wildman–Crippen MR) is 196 cm³/mol. The molecule has 8 rings (SSSR count). The molecule has 1 amide bonds. The van der Waals surface area contributed by atoms with Gasteiger partial charge >= 0.3 is 12.1 Å². The maximum Gasteiger partial charge on any atom is 0.410 e. The van der Waals surface area contributed by atoms with E-state index in [4.69, 9.17) is 34.3 Å². The first-order chi connectivity index (χ1) is 25.4. The number of benzene rings is 2. The molecule has 3 aromatic heterocycles. The molecule has 14 nitrogen and oxygen atoms in total. The molecule has 0 radical (unpaired) electrons. The Morgan fingerprint density at radius 2 is 1.75 bits per heavy atom. The summed E-state index contributed by atoms with van der Waals surface area (Å²) in [5.74, 6) is 1.02. The highest BCUT2D eigenvalue weighted by Crippen LogP contribution is 2.32. The van der Waals surface area contributed by atoms with Crippen molar-refractivity contribution in [1.29, 1.82) is 0 Å². The van der Waals surface area contributed by atoms with Crippen molar-refractivity contribution >= 4 is 33.8 Å². The number of amides is 1. The van der Waals surface area contributed by atoms with Crippen LogP contribution in [0.4, 0.5) is 10.6 Å². The normalized spacial score (nSPS) is 19.8. The molecular formula is C38H45N9O5. The number of ether oxygens (including phenoxy) is 3. The van der Waals surface area contributed by atoms with E-state index in [2.05, 4.69) is 16.8 Å². The monoisotopic (exact) mass is 707 g/mol. The topological polar surface area (TPSA) is 133 Å². The van der Waals surface area contributed by atoms with Crippen molar-refractivity contribution in [3.8, 4) is 11.7 Å². The summed E-state index contributed by atoms with van der Waals surface area (Å²) in [5, 5.41) is 5.57. The highest BCUT2D eigenvalue weighted by Gasteiger charge is 2.29. The van der Waals surface area contributed by atoms with Crippen molar-refractivity contribution in [3.05, 3.63) is 76.0 Å². The average molecular weight is 708 g/mol. The van der Waals surface area contributed by atoms with Crippen LogP contribution in [0.3, 0.4) is 0 Å². The predicted octanol–water partition coefficient (Wildman–Crippen LogP) is 4.77. The number of nitrogens with zero attached hydrogens (tertiary/aromatic N) is 9. The number of carbonyl (C=O) groups excluding carboxylic acids is 1. The lowest BCUT2D eigenvalue weighted by Crippen LogP contribution is -2.49. The molecule has 3 fully saturated rings. The summed E-state index contributed by atoms with van der Waals surface area (Å²) in [7, 11) is 2.09. The summed E-state index contributed by atoms with van der Waals surface area (Å²) in [5.41, 5.74) is 3.72. The number of piperazine rings is 1. The minimum Gasteiger partial charge on any atom is -0.462 e. The molecule has 52 heavy (non-hydrogen) atoms. The first-order valence-electron chi connectivity index (χ1n) is 18.3. The van der Waals surface area contributed by atoms with E-state index < -0.39 is 0 Å². The van der Waals surface area contributed by atoms with E-state index in [0.29, 0.717) is 62.2 Å². The van der Waals surface area contributed by atoms with E-state index in [1.807, 2.05) is 67.2 Å². The van der Waals surface area contributed by atoms with E-state index >= 15 is 0 Å². The van der Waals surface area contributed by atoms with Crippen LogP contribution >= 0.6 is 0 Å². The van der Waals surface area contributed by atoms with Crippen LogP contribution in [0.15, 0.2) is 53.5 Å². The number of hydrogen-bond acceptors (Lipinski definition) is 11. The quantitative estimate of drug-likeness (QED) is 0.221. The molecule has 0 spiro atoms. The molecule has 0 saturated carbocycles. The maximum atomic E-state index is 14.7. The molecule has 2 atom stereocenters. The number of fused-ring (bicyclic) bond motifs is 2. The highest BCUT2D eigenvalue weighted by atomic mass is 16.6. The second-order valence-electron chi connectivity index (χ2n) is 14.0. The van der Waals surface area contributed by atoms with E-state index in [1.54, 1.807) is 9.47 Å². The van der Waals surface area contributed by atoms with Crippen molar-refractivity contribution < 1.29 is 19.0 Å². The molecule has 272 valence electrons. The van der Waals surface area contributed by atoms with Gasteiger partial charge in [-0.1, -0.05) is 36.4 Å². The number of aromatic nitrogens is 6. The van der Waals surface area contributed by atoms with Gasteiger partial charge in [-0.3, -0.25) is 9.36 Å². The van der Waals surface area contributed by atoms with Gasteiger partial charge in [0.05, 0.1) is 17.4 Å². The zero-order chi connectivity index (χ0) is 35.8. The molecule has 2 unspecified atom stereocenters. The number of rotatable bonds is 8. The number of likely N-dealkylation sites (N-methyl/N-ethyl adjacent to an activating group) is 1. The largest absolute Gasteiger partial charge is 0.462 e. The van der Waals surface area contributed by atoms with Crippen LogP contribution in [0.2, 0.25) is 0 Å². The standard InChI is InChI=1S/C38H45N9O5/c1-25-14-15-30-29(22-39-47(30)31-13-7-8-21-50-31)34(25)46-26(2)40-32-33(36(46)48)41-37(51-24-28-12-9-16-43(28)3)42-35(32)44-17-19-45(20-18-44)38(49)52-23-27-10-5-4-6-11-27/h4-6,10-11,14-15,22,28,31H,7-9,12-13,16-21,23-24H2,1-3H3. The minimum absolute atomic E-state index is 0.138. The van der Waals surface area contributed by atoms with Crippen molar-refractivity contribution in [2.24, 2.45) is 0 Å². The molecule has 14 heteroatoms. The van der Waals surface area contributed by atoms with Gasteiger partial charge in [-0.25, -0.2) is 14.5 Å². The van der Waals surface area contributed by atoms with Gasteiger partial charge in [0.2, 0.25) is 0 Å².